The van der Waals surface area contributed by atoms with Gasteiger partial charge in [-0.1, -0.05) is 179 Å². The van der Waals surface area contributed by atoms with E-state index in [1.165, 1.54) is 135 Å². The number of carbonyl (C=O) groups excluding carboxylic acids is 1. The summed E-state index contributed by atoms with van der Waals surface area (Å²) in [5, 5.41) is 13.8. The molecular formula is C43H86N2O6P+. The Labute approximate surface area is 322 Å². The van der Waals surface area contributed by atoms with Gasteiger partial charge in [0.2, 0.25) is 5.91 Å². The van der Waals surface area contributed by atoms with Crippen LogP contribution in [0.2, 0.25) is 0 Å². The molecule has 8 nitrogen and oxygen atoms in total. The lowest BCUT2D eigenvalue weighted by molar-refractivity contribution is -0.870. The molecule has 0 bridgehead atoms. The second kappa shape index (κ2) is 35.7. The van der Waals surface area contributed by atoms with Crippen molar-refractivity contribution in [2.45, 2.75) is 206 Å². The molecule has 0 aliphatic carbocycles. The summed E-state index contributed by atoms with van der Waals surface area (Å²) >= 11 is 0. The minimum atomic E-state index is -4.34. The highest BCUT2D eigenvalue weighted by Gasteiger charge is 2.27. The quantitative estimate of drug-likeness (QED) is 0.0250. The van der Waals surface area contributed by atoms with Gasteiger partial charge in [-0.25, -0.2) is 4.57 Å². The number of aliphatic hydroxyl groups excluding tert-OH is 1. The summed E-state index contributed by atoms with van der Waals surface area (Å²) in [6.45, 7) is 4.78. The zero-order valence-electron chi connectivity index (χ0n) is 34.8. The van der Waals surface area contributed by atoms with Gasteiger partial charge in [-0.15, -0.1) is 0 Å². The van der Waals surface area contributed by atoms with Gasteiger partial charge in [-0.3, -0.25) is 13.8 Å². The molecule has 52 heavy (non-hydrogen) atoms. The topological polar surface area (TPSA) is 105 Å². The maximum Gasteiger partial charge on any atom is 0.472 e. The minimum absolute atomic E-state index is 0.0580. The molecular weight excluding hydrogens is 671 g/mol. The Morgan fingerprint density at radius 3 is 1.54 bits per heavy atom. The fraction of sp³-hybridized carbons (Fsp3) is 0.884. The SMILES string of the molecule is CCCCCCCC/C=C/CC/C=C/[C@@H](O)[C@H](COP(=O)(O)OCC[N+](C)(C)C)NC(=O)CCCCCCCCCCCCCCCCCCCC. The van der Waals surface area contributed by atoms with E-state index < -0.39 is 20.0 Å². The first-order valence-electron chi connectivity index (χ1n) is 21.7. The van der Waals surface area contributed by atoms with E-state index in [0.717, 1.165) is 38.5 Å². The third kappa shape index (κ3) is 37.3. The van der Waals surface area contributed by atoms with Gasteiger partial charge in [0, 0.05) is 6.42 Å². The average Bonchev–Trinajstić information content (AvgIpc) is 3.09. The highest BCUT2D eigenvalue weighted by molar-refractivity contribution is 7.47. The predicted octanol–water partition coefficient (Wildman–Crippen LogP) is 11.7. The van der Waals surface area contributed by atoms with Crippen LogP contribution in [-0.4, -0.2) is 73.4 Å². The summed E-state index contributed by atoms with van der Waals surface area (Å²) in [6, 6.07) is -0.856. The second-order valence-electron chi connectivity index (χ2n) is 16.1. The van der Waals surface area contributed by atoms with Crippen molar-refractivity contribution in [1.82, 2.24) is 5.32 Å². The van der Waals surface area contributed by atoms with E-state index in [0.29, 0.717) is 17.4 Å². The first-order valence-corrected chi connectivity index (χ1v) is 23.2. The molecule has 0 saturated heterocycles. The van der Waals surface area contributed by atoms with Crippen LogP contribution >= 0.6 is 7.82 Å². The van der Waals surface area contributed by atoms with Crippen LogP contribution in [0.4, 0.5) is 0 Å². The fourth-order valence-corrected chi connectivity index (χ4v) is 6.91. The molecule has 0 radical (unpaired) electrons. The monoisotopic (exact) mass is 758 g/mol. The Morgan fingerprint density at radius 2 is 1.06 bits per heavy atom. The highest BCUT2D eigenvalue weighted by atomic mass is 31.2. The predicted molar refractivity (Wildman–Crippen MR) is 221 cm³/mol. The lowest BCUT2D eigenvalue weighted by atomic mass is 10.0. The number of unbranched alkanes of at least 4 members (excludes halogenated alkanes) is 24. The molecule has 0 aliphatic heterocycles. The maximum absolute atomic E-state index is 12.8. The zero-order valence-corrected chi connectivity index (χ0v) is 35.7. The number of nitrogens with one attached hydrogen (secondary N) is 1. The van der Waals surface area contributed by atoms with Gasteiger partial charge >= 0.3 is 7.82 Å². The second-order valence-corrected chi connectivity index (χ2v) is 17.5. The van der Waals surface area contributed by atoms with Gasteiger partial charge in [0.25, 0.3) is 0 Å². The van der Waals surface area contributed by atoms with Crippen molar-refractivity contribution in [3.05, 3.63) is 24.3 Å². The van der Waals surface area contributed by atoms with E-state index in [4.69, 9.17) is 9.05 Å². The summed E-state index contributed by atoms with van der Waals surface area (Å²) < 4.78 is 23.5. The molecule has 9 heteroatoms. The van der Waals surface area contributed by atoms with Crippen molar-refractivity contribution in [3.8, 4) is 0 Å². The fourth-order valence-electron chi connectivity index (χ4n) is 6.17. The Balaban J connectivity index is 4.40. The van der Waals surface area contributed by atoms with Crippen LogP contribution < -0.4 is 5.32 Å². The number of rotatable bonds is 39. The molecule has 0 fully saturated rings. The number of allylic oxidation sites excluding steroid dienone is 3. The third-order valence-corrected chi connectivity index (χ3v) is 10.7. The Bertz CT molecular complexity index is 907. The van der Waals surface area contributed by atoms with Crippen molar-refractivity contribution in [1.29, 1.82) is 0 Å². The number of aliphatic hydroxyl groups is 1. The van der Waals surface area contributed by atoms with Crippen molar-refractivity contribution >= 4 is 13.7 Å². The third-order valence-electron chi connectivity index (χ3n) is 9.67. The molecule has 0 spiro atoms. The largest absolute Gasteiger partial charge is 0.472 e. The molecule has 3 atom stereocenters. The van der Waals surface area contributed by atoms with Crippen LogP contribution in [0.3, 0.4) is 0 Å². The van der Waals surface area contributed by atoms with Crippen LogP contribution in [0.5, 0.6) is 0 Å². The Morgan fingerprint density at radius 1 is 0.635 bits per heavy atom. The number of phosphoric ester groups is 1. The molecule has 0 aliphatic rings. The normalized spacial score (nSPS) is 14.7. The summed E-state index contributed by atoms with van der Waals surface area (Å²) in [4.78, 5) is 23.1. The average molecular weight is 758 g/mol. The summed E-state index contributed by atoms with van der Waals surface area (Å²) in [5.41, 5.74) is 0. The molecule has 0 saturated carbocycles. The Hall–Kier alpha value is -1.02. The standard InChI is InChI=1S/C43H85N2O6P/c1-6-8-10-12-14-16-18-20-21-22-23-24-25-27-29-31-33-35-37-43(47)44-41(40-51-52(48,49)50-39-38-45(3,4)5)42(46)36-34-32-30-28-26-19-17-15-13-11-9-7-2/h26,28,34,36,41-42,46H,6-25,27,29-33,35,37-40H2,1-5H3,(H-,44,47,48,49)/p+1/b28-26+,36-34+/t41-,42+/m0/s1. The first-order chi connectivity index (χ1) is 25.0. The summed E-state index contributed by atoms with van der Waals surface area (Å²) in [7, 11) is 1.56. The van der Waals surface area contributed by atoms with E-state index in [1.807, 2.05) is 27.2 Å². The first kappa shape index (κ1) is 51.0. The highest BCUT2D eigenvalue weighted by Crippen LogP contribution is 2.43. The lowest BCUT2D eigenvalue weighted by Crippen LogP contribution is -2.45. The Kier molecular flexibility index (Phi) is 35.0. The van der Waals surface area contributed by atoms with Crippen LogP contribution in [0.25, 0.3) is 0 Å². The zero-order chi connectivity index (χ0) is 38.6. The number of hydrogen-bond donors (Lipinski definition) is 3. The van der Waals surface area contributed by atoms with Crippen molar-refractivity contribution in [2.75, 3.05) is 40.9 Å². The molecule has 0 aromatic rings. The maximum atomic E-state index is 12.8. The summed E-state index contributed by atoms with van der Waals surface area (Å²) in [5.74, 6) is -0.186. The van der Waals surface area contributed by atoms with Crippen molar-refractivity contribution in [2.24, 2.45) is 0 Å². The van der Waals surface area contributed by atoms with Crippen molar-refractivity contribution < 1.29 is 32.9 Å². The van der Waals surface area contributed by atoms with E-state index in [1.54, 1.807) is 6.08 Å². The van der Waals surface area contributed by atoms with Crippen LogP contribution in [-0.2, 0) is 18.4 Å². The van der Waals surface area contributed by atoms with Gasteiger partial charge in [0.15, 0.2) is 0 Å². The molecule has 0 aromatic carbocycles. The van der Waals surface area contributed by atoms with Crippen LogP contribution in [0.1, 0.15) is 194 Å². The number of phosphoric acid groups is 1. The molecule has 1 amide bonds. The number of carbonyl (C=O) groups is 1. The number of likely N-dealkylation sites (N-methyl/N-ethyl adjacent to an activating group) is 1. The van der Waals surface area contributed by atoms with Gasteiger partial charge in [-0.05, 0) is 32.1 Å². The lowest BCUT2D eigenvalue weighted by Gasteiger charge is -2.25. The molecule has 3 N–H and O–H groups in total. The number of hydrogen-bond acceptors (Lipinski definition) is 5. The van der Waals surface area contributed by atoms with Gasteiger partial charge in [-0.2, -0.15) is 0 Å². The molecule has 0 rings (SSSR count). The minimum Gasteiger partial charge on any atom is -0.387 e. The van der Waals surface area contributed by atoms with Gasteiger partial charge < -0.3 is 19.8 Å². The summed E-state index contributed by atoms with van der Waals surface area (Å²) in [6.07, 6.45) is 41.0. The van der Waals surface area contributed by atoms with Crippen LogP contribution in [0.15, 0.2) is 24.3 Å². The number of nitrogens with zero attached hydrogens (tertiary/aromatic N) is 1. The van der Waals surface area contributed by atoms with Crippen LogP contribution in [0, 0.1) is 0 Å². The molecule has 0 heterocycles. The number of quaternary nitrogens is 1. The van der Waals surface area contributed by atoms with Gasteiger partial charge in [0.1, 0.15) is 13.2 Å². The molecule has 1 unspecified atom stereocenters. The van der Waals surface area contributed by atoms with E-state index in [9.17, 15) is 19.4 Å². The van der Waals surface area contributed by atoms with Crippen molar-refractivity contribution in [3.63, 3.8) is 0 Å². The van der Waals surface area contributed by atoms with E-state index in [-0.39, 0.29) is 19.1 Å². The van der Waals surface area contributed by atoms with E-state index >= 15 is 0 Å². The van der Waals surface area contributed by atoms with E-state index in [2.05, 4.69) is 31.3 Å². The molecule has 308 valence electrons. The number of amides is 1. The van der Waals surface area contributed by atoms with Gasteiger partial charge in [0.05, 0.1) is 39.9 Å². The molecule has 0 aromatic heterocycles. The smallest absolute Gasteiger partial charge is 0.387 e.